The summed E-state index contributed by atoms with van der Waals surface area (Å²) in [5, 5.41) is 21.0. The van der Waals surface area contributed by atoms with Crippen molar-refractivity contribution in [3.05, 3.63) is 27.7 Å². The first-order valence-electron chi connectivity index (χ1n) is 9.15. The molecule has 0 saturated carbocycles. The second-order valence-electron chi connectivity index (χ2n) is 7.17. The molecule has 2 aliphatic heterocycles. The molecule has 0 bridgehead atoms. The number of nitrogens with two attached hydrogens (primary N) is 1. The Balaban J connectivity index is 0.000000396. The van der Waals surface area contributed by atoms with Crippen LogP contribution in [0.25, 0.3) is 0 Å². The number of hydrogen-bond acceptors (Lipinski definition) is 5. The summed E-state index contributed by atoms with van der Waals surface area (Å²) < 4.78 is 31.7. The van der Waals surface area contributed by atoms with Crippen molar-refractivity contribution in [2.75, 3.05) is 26.2 Å². The highest BCUT2D eigenvalue weighted by molar-refractivity contribution is 6.42. The van der Waals surface area contributed by atoms with E-state index in [0.29, 0.717) is 15.6 Å². The lowest BCUT2D eigenvalue weighted by Crippen LogP contribution is -2.53. The van der Waals surface area contributed by atoms with E-state index in [2.05, 4.69) is 5.32 Å². The molecule has 12 heteroatoms. The maximum absolute atomic E-state index is 12.2. The number of nitrogens with zero attached hydrogens (tertiary/aromatic N) is 1. The summed E-state index contributed by atoms with van der Waals surface area (Å²) in [4.78, 5) is 23.1. The summed E-state index contributed by atoms with van der Waals surface area (Å²) in [7, 11) is 0. The highest BCUT2D eigenvalue weighted by atomic mass is 35.5. The average molecular weight is 472 g/mol. The van der Waals surface area contributed by atoms with Gasteiger partial charge in [0.15, 0.2) is 0 Å². The van der Waals surface area contributed by atoms with Crippen LogP contribution < -0.4 is 11.1 Å². The van der Waals surface area contributed by atoms with Gasteiger partial charge in [0, 0.05) is 43.9 Å². The summed E-state index contributed by atoms with van der Waals surface area (Å²) in [6.07, 6.45) is -3.43. The highest BCUT2D eigenvalue weighted by Crippen LogP contribution is 2.37. The van der Waals surface area contributed by atoms with E-state index in [-0.39, 0.29) is 29.5 Å². The number of hydrogen-bond donors (Lipinski definition) is 4. The molecule has 1 amide bonds. The minimum atomic E-state index is -5.08. The van der Waals surface area contributed by atoms with Gasteiger partial charge >= 0.3 is 12.1 Å². The zero-order valence-corrected chi connectivity index (χ0v) is 17.3. The monoisotopic (exact) mass is 471 g/mol. The zero-order valence-electron chi connectivity index (χ0n) is 15.8. The Kier molecular flexibility index (Phi) is 8.20. The molecular weight excluding hydrogens is 450 g/mol. The van der Waals surface area contributed by atoms with Crippen molar-refractivity contribution in [3.63, 3.8) is 0 Å². The molecule has 30 heavy (non-hydrogen) atoms. The summed E-state index contributed by atoms with van der Waals surface area (Å²) in [6, 6.07) is 2.76. The van der Waals surface area contributed by atoms with Gasteiger partial charge in [-0.2, -0.15) is 13.2 Å². The first kappa shape index (κ1) is 24.5. The van der Waals surface area contributed by atoms with Crippen LogP contribution in [0.2, 0.25) is 10.0 Å². The van der Waals surface area contributed by atoms with E-state index in [4.69, 9.17) is 38.8 Å². The first-order chi connectivity index (χ1) is 13.9. The van der Waals surface area contributed by atoms with Crippen LogP contribution in [-0.4, -0.2) is 59.3 Å². The van der Waals surface area contributed by atoms with Crippen molar-refractivity contribution in [2.45, 2.75) is 25.1 Å². The molecule has 168 valence electrons. The number of phenols is 1. The van der Waals surface area contributed by atoms with E-state index in [1.165, 1.54) is 6.07 Å². The van der Waals surface area contributed by atoms with Crippen LogP contribution in [0.5, 0.6) is 5.75 Å². The topological polar surface area (TPSA) is 116 Å². The van der Waals surface area contributed by atoms with Crippen molar-refractivity contribution in [2.24, 2.45) is 17.6 Å². The number of piperidine rings is 1. The van der Waals surface area contributed by atoms with Crippen LogP contribution in [-0.2, 0) is 9.59 Å². The van der Waals surface area contributed by atoms with Gasteiger partial charge in [0.25, 0.3) is 0 Å². The van der Waals surface area contributed by atoms with Gasteiger partial charge in [0.1, 0.15) is 5.75 Å². The Labute approximate surface area is 180 Å². The number of likely N-dealkylation sites (tertiary alicyclic amines) is 1. The van der Waals surface area contributed by atoms with Gasteiger partial charge in [-0.25, -0.2) is 4.79 Å². The maximum atomic E-state index is 12.2. The van der Waals surface area contributed by atoms with Gasteiger partial charge in [-0.3, -0.25) is 4.79 Å². The predicted octanol–water partition coefficient (Wildman–Crippen LogP) is 2.79. The van der Waals surface area contributed by atoms with Gasteiger partial charge in [0.2, 0.25) is 5.91 Å². The van der Waals surface area contributed by atoms with E-state index in [0.717, 1.165) is 39.0 Å². The molecule has 1 aromatic rings. The average Bonchev–Trinajstić information content (AvgIpc) is 2.62. The second-order valence-corrected chi connectivity index (χ2v) is 7.99. The number of amides is 1. The van der Waals surface area contributed by atoms with E-state index in [9.17, 15) is 23.1 Å². The second kappa shape index (κ2) is 10.0. The van der Waals surface area contributed by atoms with Crippen molar-refractivity contribution in [3.8, 4) is 5.75 Å². The molecule has 1 atom stereocenters. The number of aliphatic carboxylic acids is 1. The molecule has 7 nitrogen and oxygen atoms in total. The van der Waals surface area contributed by atoms with Gasteiger partial charge in [-0.15, -0.1) is 0 Å². The van der Waals surface area contributed by atoms with Crippen LogP contribution >= 0.6 is 23.2 Å². The quantitative estimate of drug-likeness (QED) is 0.538. The Morgan fingerprint density at radius 2 is 1.67 bits per heavy atom. The van der Waals surface area contributed by atoms with E-state index in [1.54, 1.807) is 6.07 Å². The van der Waals surface area contributed by atoms with Crippen molar-refractivity contribution < 1.29 is 33.0 Å². The van der Waals surface area contributed by atoms with Gasteiger partial charge in [-0.1, -0.05) is 23.2 Å². The lowest BCUT2D eigenvalue weighted by atomic mass is 9.85. The molecule has 0 aliphatic carbocycles. The summed E-state index contributed by atoms with van der Waals surface area (Å²) in [6.45, 7) is 3.01. The summed E-state index contributed by atoms with van der Waals surface area (Å²) >= 11 is 11.9. The lowest BCUT2D eigenvalue weighted by Gasteiger charge is -2.38. The van der Waals surface area contributed by atoms with Crippen LogP contribution in [0.3, 0.4) is 0 Å². The molecule has 1 aromatic carbocycles. The Bertz CT molecular complexity index is 783. The molecule has 2 fully saturated rings. The minimum absolute atomic E-state index is 0.0750. The molecule has 1 unspecified atom stereocenters. The molecule has 3 rings (SSSR count). The SMILES string of the molecule is NC(c1cc(Cl)c(Cl)cc1O)C1CCN(C(=O)C2CNC2)CC1.O=C(O)C(F)(F)F. The number of carboxylic acids is 1. The number of carbonyl (C=O) groups excluding carboxylic acids is 1. The summed E-state index contributed by atoms with van der Waals surface area (Å²) in [5.74, 6) is -2.09. The molecule has 2 aliphatic rings. The van der Waals surface area contributed by atoms with Crippen LogP contribution in [0, 0.1) is 11.8 Å². The lowest BCUT2D eigenvalue weighted by molar-refractivity contribution is -0.192. The van der Waals surface area contributed by atoms with E-state index >= 15 is 0 Å². The molecule has 0 aromatic heterocycles. The van der Waals surface area contributed by atoms with Crippen LogP contribution in [0.15, 0.2) is 12.1 Å². The van der Waals surface area contributed by atoms with E-state index < -0.39 is 12.1 Å². The maximum Gasteiger partial charge on any atom is 0.490 e. The number of phenolic OH excluding ortho intramolecular Hbond substituents is 1. The third-order valence-corrected chi connectivity index (χ3v) is 5.88. The van der Waals surface area contributed by atoms with Gasteiger partial charge < -0.3 is 26.2 Å². The zero-order chi connectivity index (χ0) is 22.6. The number of carboxylic acid groups (broad SMARTS) is 1. The van der Waals surface area contributed by atoms with Crippen LogP contribution in [0.1, 0.15) is 24.4 Å². The van der Waals surface area contributed by atoms with Crippen molar-refractivity contribution >= 4 is 35.1 Å². The number of aromatic hydroxyl groups is 1. The largest absolute Gasteiger partial charge is 0.508 e. The number of carbonyl (C=O) groups is 2. The number of alkyl halides is 3. The third-order valence-electron chi connectivity index (χ3n) is 5.16. The first-order valence-corrected chi connectivity index (χ1v) is 9.90. The minimum Gasteiger partial charge on any atom is -0.508 e. The smallest absolute Gasteiger partial charge is 0.490 e. The Hall–Kier alpha value is -1.75. The Morgan fingerprint density at radius 1 is 1.17 bits per heavy atom. The highest BCUT2D eigenvalue weighted by Gasteiger charge is 2.38. The fourth-order valence-electron chi connectivity index (χ4n) is 3.27. The fourth-order valence-corrected chi connectivity index (χ4v) is 3.60. The molecule has 2 heterocycles. The molecular formula is C18H22Cl2F3N3O4. The molecule has 2 saturated heterocycles. The summed E-state index contributed by atoms with van der Waals surface area (Å²) in [5.41, 5.74) is 6.95. The Morgan fingerprint density at radius 3 is 2.10 bits per heavy atom. The normalized spacial score (nSPS) is 18.8. The van der Waals surface area contributed by atoms with Gasteiger partial charge in [-0.05, 0) is 24.8 Å². The number of halogens is 5. The van der Waals surface area contributed by atoms with E-state index in [1.807, 2.05) is 4.90 Å². The van der Waals surface area contributed by atoms with Crippen LogP contribution in [0.4, 0.5) is 13.2 Å². The standard InChI is InChI=1S/C16H21Cl2N3O2.C2HF3O2/c17-12-5-11(14(22)6-13(12)18)15(19)9-1-3-21(4-2-9)16(23)10-7-20-8-10;3-2(4,5)1(6)7/h5-6,9-10,15,20,22H,1-4,7-8,19H2;(H,6,7). The number of rotatable bonds is 3. The fraction of sp³-hybridized carbons (Fsp3) is 0.556. The predicted molar refractivity (Wildman–Crippen MR) is 104 cm³/mol. The molecule has 5 N–H and O–H groups in total. The number of nitrogens with one attached hydrogen (secondary N) is 1. The van der Waals surface area contributed by atoms with Crippen molar-refractivity contribution in [1.82, 2.24) is 10.2 Å². The van der Waals surface area contributed by atoms with Gasteiger partial charge in [0.05, 0.1) is 16.0 Å². The molecule has 0 spiro atoms. The number of benzene rings is 1. The third kappa shape index (κ3) is 6.13. The van der Waals surface area contributed by atoms with Crippen molar-refractivity contribution in [1.29, 1.82) is 0 Å². The molecule has 0 radical (unpaired) electrons.